The van der Waals surface area contributed by atoms with Gasteiger partial charge in [0.05, 0.1) is 35.6 Å². The molecule has 11 nitrogen and oxygen atoms in total. The van der Waals surface area contributed by atoms with Crippen LogP contribution in [0.5, 0.6) is 0 Å². The van der Waals surface area contributed by atoms with E-state index in [1.807, 2.05) is 4.90 Å². The summed E-state index contributed by atoms with van der Waals surface area (Å²) in [7, 11) is -2.47. The number of benzene rings is 3. The third-order valence-corrected chi connectivity index (χ3v) is 16.1. The normalized spacial score (nSPS) is 24.6. The first-order valence-electron chi connectivity index (χ1n) is 21.6. The Morgan fingerprint density at radius 2 is 1.52 bits per heavy atom. The second-order valence-corrected chi connectivity index (χ2v) is 20.3. The summed E-state index contributed by atoms with van der Waals surface area (Å²) < 4.78 is 63.5. The molecule has 5 aliphatic rings. The van der Waals surface area contributed by atoms with E-state index in [9.17, 15) is 23.1 Å². The van der Waals surface area contributed by atoms with Crippen LogP contribution in [0.15, 0.2) is 82.6 Å². The Kier molecular flexibility index (Phi) is 12.0. The number of nitrogens with zero attached hydrogens (tertiary/aromatic N) is 4. The quantitative estimate of drug-likeness (QED) is 0.224. The molecule has 3 aromatic carbocycles. The highest BCUT2D eigenvalue weighted by Crippen LogP contribution is 2.52. The minimum Gasteiger partial charge on any atom is -0.453 e. The smallest absolute Gasteiger partial charge is 0.407 e. The molecule has 8 rings (SSSR count). The first-order chi connectivity index (χ1) is 28.7. The van der Waals surface area contributed by atoms with E-state index in [2.05, 4.69) is 21.2 Å². The van der Waals surface area contributed by atoms with Gasteiger partial charge in [-0.3, -0.25) is 9.69 Å². The van der Waals surface area contributed by atoms with Crippen molar-refractivity contribution in [3.63, 3.8) is 0 Å². The van der Waals surface area contributed by atoms with Gasteiger partial charge in [-0.15, -0.1) is 0 Å². The highest BCUT2D eigenvalue weighted by Gasteiger charge is 2.54. The number of aliphatic hydroxyl groups is 1. The molecule has 0 bridgehead atoms. The Bertz CT molecular complexity index is 2110. The van der Waals surface area contributed by atoms with Gasteiger partial charge in [0, 0.05) is 48.9 Å². The summed E-state index contributed by atoms with van der Waals surface area (Å²) in [6, 6.07) is 19.5. The number of hydrogen-bond acceptors (Lipinski definition) is 9. The Morgan fingerprint density at radius 3 is 2.12 bits per heavy atom. The number of alkyl halides is 1. The fourth-order valence-electron chi connectivity index (χ4n) is 10.8. The second-order valence-electron chi connectivity index (χ2n) is 18.3. The molecule has 4 heterocycles. The number of nitrogens with one attached hydrogen (secondary N) is 1. The first kappa shape index (κ1) is 42.6. The molecule has 0 aromatic heterocycles. The van der Waals surface area contributed by atoms with Crippen molar-refractivity contribution in [3.05, 3.63) is 89.7 Å². The maximum atomic E-state index is 16.4. The van der Waals surface area contributed by atoms with E-state index in [1.54, 1.807) is 48.2 Å². The highest BCUT2D eigenvalue weighted by molar-refractivity contribution is 7.91. The van der Waals surface area contributed by atoms with Crippen LogP contribution in [0, 0.1) is 17.7 Å². The van der Waals surface area contributed by atoms with Crippen LogP contribution in [0.2, 0.25) is 0 Å². The van der Waals surface area contributed by atoms with Gasteiger partial charge >= 0.3 is 6.09 Å². The zero-order chi connectivity index (χ0) is 42.3. The lowest BCUT2D eigenvalue weighted by Crippen LogP contribution is -2.65. The number of likely N-dealkylation sites (tertiary alicyclic amines) is 3. The maximum Gasteiger partial charge on any atom is 0.407 e. The van der Waals surface area contributed by atoms with Crippen LogP contribution in [0.3, 0.4) is 0 Å². The van der Waals surface area contributed by atoms with Crippen molar-refractivity contribution in [1.29, 1.82) is 0 Å². The minimum absolute atomic E-state index is 0.0820. The number of alkyl carbamates (subject to hydrolysis) is 1. The summed E-state index contributed by atoms with van der Waals surface area (Å²) in [5.74, 6) is -0.134. The van der Waals surface area contributed by atoms with Gasteiger partial charge in [0.2, 0.25) is 9.84 Å². The lowest BCUT2D eigenvalue weighted by atomic mass is 9.57. The van der Waals surface area contributed by atoms with Crippen LogP contribution in [0.1, 0.15) is 74.2 Å². The molecule has 1 saturated carbocycles. The zero-order valence-electron chi connectivity index (χ0n) is 34.8. The molecule has 3 aromatic rings. The lowest BCUT2D eigenvalue weighted by molar-refractivity contribution is -0.00205. The van der Waals surface area contributed by atoms with Gasteiger partial charge in [-0.1, -0.05) is 18.6 Å². The van der Waals surface area contributed by atoms with Crippen LogP contribution >= 0.6 is 0 Å². The van der Waals surface area contributed by atoms with Crippen molar-refractivity contribution >= 4 is 27.5 Å². The standard InChI is InChI=1S/C46H59F2N5O6S/c1-44(56)20-26-52(27-21-44)42(54)33-10-14-38(15-11-33)60(57,58)39-16-12-37(13-17-39)53-30-45(48,31-53)29-51-24-18-34(19-25-51)46(32-50-22-5-23-50,35-6-3-7-36(47)28-35)40-8-4-9-41(40)49-43(55)59-2/h3,6-7,10-17,28,34,40-41,56H,4-5,8-9,18-27,29-32H2,1-2H3,(H,49,55)/t40-,41-,46-/m0/s1. The third kappa shape index (κ3) is 8.67. The van der Waals surface area contributed by atoms with Crippen molar-refractivity contribution in [2.24, 2.45) is 11.8 Å². The van der Waals surface area contributed by atoms with Crippen molar-refractivity contribution < 1.29 is 36.6 Å². The van der Waals surface area contributed by atoms with E-state index < -0.39 is 32.6 Å². The topological polar surface area (TPSA) is 123 Å². The van der Waals surface area contributed by atoms with Crippen LogP contribution in [-0.4, -0.2) is 130 Å². The SMILES string of the molecule is COC(=O)N[C@H]1CCC[C@@H]1[C@](CN1CCC1)(c1cccc(F)c1)C1CCN(CC2(F)CN(c3ccc(S(=O)(=O)c4ccc(C(=O)N5CCC(C)(O)CC5)cc4)cc3)C2)CC1. The summed E-state index contributed by atoms with van der Waals surface area (Å²) in [4.78, 5) is 34.0. The van der Waals surface area contributed by atoms with Crippen molar-refractivity contribution in [2.45, 2.75) is 90.8 Å². The summed E-state index contributed by atoms with van der Waals surface area (Å²) in [5, 5.41) is 13.4. The number of rotatable bonds is 12. The number of methoxy groups -OCH3 is 1. The van der Waals surface area contributed by atoms with Gasteiger partial charge < -0.3 is 29.9 Å². The van der Waals surface area contributed by atoms with E-state index in [-0.39, 0.29) is 52.5 Å². The van der Waals surface area contributed by atoms with Gasteiger partial charge in [-0.25, -0.2) is 22.0 Å². The largest absolute Gasteiger partial charge is 0.453 e. The van der Waals surface area contributed by atoms with Gasteiger partial charge in [0.1, 0.15) is 5.82 Å². The predicted molar refractivity (Wildman–Crippen MR) is 225 cm³/mol. The summed E-state index contributed by atoms with van der Waals surface area (Å²) in [6.07, 6.45) is 6.10. The molecular formula is C46H59F2N5O6S. The lowest BCUT2D eigenvalue weighted by Gasteiger charge is -2.54. The summed E-state index contributed by atoms with van der Waals surface area (Å²) in [6.45, 7) is 7.60. The molecule has 1 aliphatic carbocycles. The third-order valence-electron chi connectivity index (χ3n) is 14.3. The van der Waals surface area contributed by atoms with Crippen molar-refractivity contribution in [1.82, 2.24) is 20.0 Å². The predicted octanol–water partition coefficient (Wildman–Crippen LogP) is 6.05. The van der Waals surface area contributed by atoms with E-state index in [1.165, 1.54) is 37.4 Å². The number of carbonyl (C=O) groups excluding carboxylic acids is 2. The molecule has 4 aliphatic heterocycles. The molecule has 14 heteroatoms. The molecule has 0 unspecified atom stereocenters. The number of anilines is 1. The minimum atomic E-state index is -3.85. The number of carbonyl (C=O) groups is 2. The molecule has 324 valence electrons. The molecule has 60 heavy (non-hydrogen) atoms. The Hall–Kier alpha value is -4.11. The van der Waals surface area contributed by atoms with Gasteiger partial charge in [-0.05, 0) is 156 Å². The van der Waals surface area contributed by atoms with Gasteiger partial charge in [0.25, 0.3) is 5.91 Å². The number of amides is 2. The van der Waals surface area contributed by atoms with Crippen LogP contribution < -0.4 is 10.2 Å². The van der Waals surface area contributed by atoms with E-state index in [4.69, 9.17) is 4.74 Å². The molecule has 2 N–H and O–H groups in total. The van der Waals surface area contributed by atoms with Crippen LogP contribution in [0.4, 0.5) is 19.3 Å². The van der Waals surface area contributed by atoms with Crippen molar-refractivity contribution in [2.75, 3.05) is 77.5 Å². The molecule has 2 amide bonds. The Balaban J connectivity index is 0.892. The van der Waals surface area contributed by atoms with Crippen LogP contribution in [-0.2, 0) is 20.0 Å². The Morgan fingerprint density at radius 1 is 0.867 bits per heavy atom. The molecule has 5 fully saturated rings. The zero-order valence-corrected chi connectivity index (χ0v) is 35.6. The second kappa shape index (κ2) is 17.0. The monoisotopic (exact) mass is 847 g/mol. The van der Waals surface area contributed by atoms with Gasteiger partial charge in [0.15, 0.2) is 5.67 Å². The number of hydrogen-bond donors (Lipinski definition) is 2. The summed E-state index contributed by atoms with van der Waals surface area (Å²) in [5.41, 5.74) is -0.453. The van der Waals surface area contributed by atoms with Crippen molar-refractivity contribution in [3.8, 4) is 0 Å². The Labute approximate surface area is 353 Å². The van der Waals surface area contributed by atoms with Crippen LogP contribution in [0.25, 0.3) is 0 Å². The van der Waals surface area contributed by atoms with E-state index in [0.29, 0.717) is 38.0 Å². The average molecular weight is 848 g/mol. The average Bonchev–Trinajstić information content (AvgIpc) is 3.68. The molecule has 0 radical (unpaired) electrons. The number of halogens is 2. The number of piperidine rings is 2. The fourth-order valence-corrected chi connectivity index (χ4v) is 12.0. The number of ether oxygens (including phenoxy) is 1. The first-order valence-corrected chi connectivity index (χ1v) is 23.1. The van der Waals surface area contributed by atoms with Gasteiger partial charge in [-0.2, -0.15) is 0 Å². The molecule has 0 spiro atoms. The molecule has 3 atom stereocenters. The maximum absolute atomic E-state index is 16.4. The molecular weight excluding hydrogens is 789 g/mol. The number of sulfone groups is 1. The fraction of sp³-hybridized carbons (Fsp3) is 0.565. The van der Waals surface area contributed by atoms with E-state index in [0.717, 1.165) is 82.5 Å². The summed E-state index contributed by atoms with van der Waals surface area (Å²) >= 11 is 0. The highest BCUT2D eigenvalue weighted by atomic mass is 32.2. The van der Waals surface area contributed by atoms with E-state index >= 15 is 8.78 Å². The molecule has 4 saturated heterocycles.